The van der Waals surface area contributed by atoms with Gasteiger partial charge in [-0.3, -0.25) is 0 Å². The van der Waals surface area contributed by atoms with Crippen LogP contribution in [0.5, 0.6) is 0 Å². The number of aryl methyl sites for hydroxylation is 1. The summed E-state index contributed by atoms with van der Waals surface area (Å²) in [6.45, 7) is 1.55. The Morgan fingerprint density at radius 3 is 2.42 bits per heavy atom. The van der Waals surface area contributed by atoms with Gasteiger partial charge in [0, 0.05) is 0 Å². The predicted octanol–water partition coefficient (Wildman–Crippen LogP) is 1.84. The van der Waals surface area contributed by atoms with Crippen molar-refractivity contribution in [2.75, 3.05) is 5.73 Å². The number of halogens is 3. The van der Waals surface area contributed by atoms with Gasteiger partial charge in [-0.15, -0.1) is 0 Å². The zero-order valence-corrected chi connectivity index (χ0v) is 6.27. The van der Waals surface area contributed by atoms with Crippen LogP contribution in [0, 0.1) is 0 Å². The quantitative estimate of drug-likeness (QED) is 0.717. The van der Waals surface area contributed by atoms with Crippen LogP contribution in [-0.2, 0) is 12.6 Å². The van der Waals surface area contributed by atoms with E-state index in [1.165, 1.54) is 0 Å². The average molecular weight is 180 g/mol. The van der Waals surface area contributed by atoms with Gasteiger partial charge in [0.1, 0.15) is 0 Å². The first kappa shape index (κ1) is 8.89. The second-order valence-electron chi connectivity index (χ2n) is 2.18. The lowest BCUT2D eigenvalue weighted by Crippen LogP contribution is -2.06. The lowest BCUT2D eigenvalue weighted by Gasteiger charge is -2.01. The Hall–Kier alpha value is -1.20. The standard InChI is InChI=1S/C6H7F3N2O/c1-2-3-4(6(7,8)9)12-5(10)11-3/h2H2,1H3,(H2,10,11). The minimum atomic E-state index is -4.50. The highest BCUT2D eigenvalue weighted by atomic mass is 19.4. The number of nitrogen functional groups attached to an aromatic ring is 1. The van der Waals surface area contributed by atoms with Gasteiger partial charge >= 0.3 is 6.18 Å². The molecular formula is C6H7F3N2O. The molecule has 0 aliphatic rings. The summed E-state index contributed by atoms with van der Waals surface area (Å²) in [7, 11) is 0. The van der Waals surface area contributed by atoms with Gasteiger partial charge in [0.2, 0.25) is 5.76 Å². The van der Waals surface area contributed by atoms with Crippen LogP contribution in [0.3, 0.4) is 0 Å². The summed E-state index contributed by atoms with van der Waals surface area (Å²) in [5.74, 6) is -1.09. The van der Waals surface area contributed by atoms with Gasteiger partial charge in [-0.1, -0.05) is 6.92 Å². The molecule has 0 aliphatic heterocycles. The second kappa shape index (κ2) is 2.69. The molecule has 0 radical (unpaired) electrons. The van der Waals surface area contributed by atoms with E-state index >= 15 is 0 Å². The molecule has 2 N–H and O–H groups in total. The van der Waals surface area contributed by atoms with Crippen molar-refractivity contribution in [2.24, 2.45) is 0 Å². The fourth-order valence-corrected chi connectivity index (χ4v) is 0.831. The summed E-state index contributed by atoms with van der Waals surface area (Å²) in [5, 5.41) is 0. The first-order chi connectivity index (χ1) is 5.45. The summed E-state index contributed by atoms with van der Waals surface area (Å²) in [4.78, 5) is 3.39. The highest BCUT2D eigenvalue weighted by molar-refractivity contribution is 5.21. The third kappa shape index (κ3) is 1.51. The summed E-state index contributed by atoms with van der Waals surface area (Å²) < 4.78 is 40.4. The van der Waals surface area contributed by atoms with E-state index in [1.807, 2.05) is 0 Å². The highest BCUT2D eigenvalue weighted by Crippen LogP contribution is 2.33. The summed E-state index contributed by atoms with van der Waals surface area (Å²) in [6.07, 6.45) is -4.36. The lowest BCUT2D eigenvalue weighted by molar-refractivity contribution is -0.153. The maximum Gasteiger partial charge on any atom is 0.451 e. The first-order valence-corrected chi connectivity index (χ1v) is 3.27. The molecule has 12 heavy (non-hydrogen) atoms. The van der Waals surface area contributed by atoms with Crippen molar-refractivity contribution in [3.8, 4) is 0 Å². The fraction of sp³-hybridized carbons (Fsp3) is 0.500. The largest absolute Gasteiger partial charge is 0.451 e. The molecule has 0 bridgehead atoms. The van der Waals surface area contributed by atoms with Crippen LogP contribution in [0.4, 0.5) is 19.2 Å². The molecule has 1 rings (SSSR count). The van der Waals surface area contributed by atoms with E-state index in [0.717, 1.165) is 0 Å². The van der Waals surface area contributed by atoms with Crippen LogP contribution in [-0.4, -0.2) is 4.98 Å². The monoisotopic (exact) mass is 180 g/mol. The molecule has 6 heteroatoms. The van der Waals surface area contributed by atoms with E-state index in [2.05, 4.69) is 9.40 Å². The number of oxazole rings is 1. The number of hydrogen-bond donors (Lipinski definition) is 1. The van der Waals surface area contributed by atoms with E-state index in [-0.39, 0.29) is 12.1 Å². The van der Waals surface area contributed by atoms with E-state index in [0.29, 0.717) is 0 Å². The van der Waals surface area contributed by atoms with Crippen molar-refractivity contribution in [3.05, 3.63) is 11.5 Å². The van der Waals surface area contributed by atoms with Gasteiger partial charge < -0.3 is 10.2 Å². The van der Waals surface area contributed by atoms with Crippen molar-refractivity contribution in [2.45, 2.75) is 19.5 Å². The van der Waals surface area contributed by atoms with Crippen molar-refractivity contribution >= 4 is 6.01 Å². The number of anilines is 1. The summed E-state index contributed by atoms with van der Waals surface area (Å²) in [5.41, 5.74) is 4.82. The fourth-order valence-electron chi connectivity index (χ4n) is 0.831. The van der Waals surface area contributed by atoms with Gasteiger partial charge in [0.15, 0.2) is 0 Å². The molecule has 0 spiro atoms. The zero-order valence-electron chi connectivity index (χ0n) is 6.27. The Labute approximate surface area is 66.4 Å². The second-order valence-corrected chi connectivity index (χ2v) is 2.18. The SMILES string of the molecule is CCc1nc(N)oc1C(F)(F)F. The van der Waals surface area contributed by atoms with Crippen LogP contribution in [0.2, 0.25) is 0 Å². The maximum atomic E-state index is 12.1. The normalized spacial score (nSPS) is 12.0. The molecule has 0 amide bonds. The van der Waals surface area contributed by atoms with Crippen molar-refractivity contribution < 1.29 is 17.6 Å². The minimum absolute atomic E-state index is 0.148. The van der Waals surface area contributed by atoms with Crippen molar-refractivity contribution in [3.63, 3.8) is 0 Å². The maximum absolute atomic E-state index is 12.1. The molecule has 3 nitrogen and oxygen atoms in total. The Balaban J connectivity index is 3.13. The van der Waals surface area contributed by atoms with E-state index in [9.17, 15) is 13.2 Å². The Morgan fingerprint density at radius 2 is 2.08 bits per heavy atom. The Morgan fingerprint density at radius 1 is 1.50 bits per heavy atom. The molecule has 1 aromatic rings. The van der Waals surface area contributed by atoms with E-state index < -0.39 is 18.0 Å². The molecule has 1 aromatic heterocycles. The van der Waals surface area contributed by atoms with E-state index in [4.69, 9.17) is 5.73 Å². The number of nitrogens with zero attached hydrogens (tertiary/aromatic N) is 1. The van der Waals surface area contributed by atoms with Crippen LogP contribution in [0.15, 0.2) is 4.42 Å². The molecular weight excluding hydrogens is 173 g/mol. The smallest absolute Gasteiger partial charge is 0.419 e. The van der Waals surface area contributed by atoms with Gasteiger partial charge in [-0.25, -0.2) is 0 Å². The number of rotatable bonds is 1. The van der Waals surface area contributed by atoms with Gasteiger partial charge in [0.05, 0.1) is 5.69 Å². The molecule has 0 saturated carbocycles. The molecule has 0 fully saturated rings. The molecule has 68 valence electrons. The zero-order chi connectivity index (χ0) is 9.35. The number of alkyl halides is 3. The Bertz CT molecular complexity index is 279. The molecule has 0 saturated heterocycles. The average Bonchev–Trinajstić information content (AvgIpc) is 2.29. The third-order valence-electron chi connectivity index (χ3n) is 1.31. The highest BCUT2D eigenvalue weighted by Gasteiger charge is 2.38. The Kier molecular flexibility index (Phi) is 1.99. The molecule has 0 unspecified atom stereocenters. The van der Waals surface area contributed by atoms with Crippen LogP contribution in [0.1, 0.15) is 18.4 Å². The summed E-state index contributed by atoms with van der Waals surface area (Å²) >= 11 is 0. The predicted molar refractivity (Wildman–Crippen MR) is 35.3 cm³/mol. The lowest BCUT2D eigenvalue weighted by atomic mass is 10.3. The molecule has 0 aliphatic carbocycles. The van der Waals surface area contributed by atoms with Gasteiger partial charge in [-0.2, -0.15) is 18.2 Å². The van der Waals surface area contributed by atoms with E-state index in [1.54, 1.807) is 6.92 Å². The van der Waals surface area contributed by atoms with Gasteiger partial charge in [0.25, 0.3) is 6.01 Å². The van der Waals surface area contributed by atoms with Crippen molar-refractivity contribution in [1.29, 1.82) is 0 Å². The topological polar surface area (TPSA) is 52.0 Å². The van der Waals surface area contributed by atoms with Gasteiger partial charge in [-0.05, 0) is 6.42 Å². The van der Waals surface area contributed by atoms with Crippen LogP contribution >= 0.6 is 0 Å². The molecule has 1 heterocycles. The number of aromatic nitrogens is 1. The number of hydrogen-bond acceptors (Lipinski definition) is 3. The molecule has 0 atom stereocenters. The van der Waals surface area contributed by atoms with Crippen molar-refractivity contribution in [1.82, 2.24) is 4.98 Å². The van der Waals surface area contributed by atoms with Crippen LogP contribution in [0.25, 0.3) is 0 Å². The molecule has 0 aromatic carbocycles. The number of nitrogens with two attached hydrogens (primary N) is 1. The summed E-state index contributed by atoms with van der Waals surface area (Å²) in [6, 6.07) is -0.445. The minimum Gasteiger partial charge on any atom is -0.419 e. The third-order valence-corrected chi connectivity index (χ3v) is 1.31. The van der Waals surface area contributed by atoms with Crippen LogP contribution < -0.4 is 5.73 Å². The first-order valence-electron chi connectivity index (χ1n) is 3.27.